The highest BCUT2D eigenvalue weighted by atomic mass is 16.5. The first-order valence-electron chi connectivity index (χ1n) is 5.06. The predicted molar refractivity (Wildman–Crippen MR) is 59.7 cm³/mol. The van der Waals surface area contributed by atoms with E-state index in [1.165, 1.54) is 7.11 Å². The number of rotatable bonds is 4. The van der Waals surface area contributed by atoms with Gasteiger partial charge in [-0.15, -0.1) is 0 Å². The topological polar surface area (TPSA) is 64.1 Å². The number of amides is 1. The van der Waals surface area contributed by atoms with Crippen molar-refractivity contribution in [1.82, 2.24) is 15.3 Å². The van der Waals surface area contributed by atoms with Gasteiger partial charge in [-0.1, -0.05) is 0 Å². The fourth-order valence-corrected chi connectivity index (χ4v) is 0.987. The molecule has 1 amide bonds. The molecule has 1 N–H and O–H groups in total. The molecule has 0 fully saturated rings. The van der Waals surface area contributed by atoms with Gasteiger partial charge in [-0.25, -0.2) is 0 Å². The highest BCUT2D eigenvalue weighted by Crippen LogP contribution is 2.07. The summed E-state index contributed by atoms with van der Waals surface area (Å²) >= 11 is 0. The number of nitrogens with one attached hydrogen (secondary N) is 1. The molecule has 0 unspecified atom stereocenters. The third-order valence-electron chi connectivity index (χ3n) is 2.32. The van der Waals surface area contributed by atoms with Crippen LogP contribution in [0.3, 0.4) is 0 Å². The smallest absolute Gasteiger partial charge is 0.251 e. The Kier molecular flexibility index (Phi) is 3.95. The third-order valence-corrected chi connectivity index (χ3v) is 2.32. The van der Waals surface area contributed by atoms with Gasteiger partial charge in [0.25, 0.3) is 5.91 Å². The van der Waals surface area contributed by atoms with Gasteiger partial charge in [0.15, 0.2) is 0 Å². The minimum absolute atomic E-state index is 0.169. The Bertz CT molecular complexity index is 360. The van der Waals surface area contributed by atoms with E-state index in [0.29, 0.717) is 6.54 Å². The van der Waals surface area contributed by atoms with E-state index in [1.807, 2.05) is 6.92 Å². The first-order chi connectivity index (χ1) is 7.45. The number of ether oxygens (including phenoxy) is 1. The molecule has 1 aromatic rings. The average molecular weight is 223 g/mol. The van der Waals surface area contributed by atoms with Gasteiger partial charge in [0.05, 0.1) is 24.1 Å². The number of aryl methyl sites for hydroxylation is 1. The SMILES string of the molecule is COC(C)(C)C(=O)NCc1cnc(C)cn1. The molecule has 0 spiro atoms. The second kappa shape index (κ2) is 5.03. The highest BCUT2D eigenvalue weighted by molar-refractivity contribution is 5.84. The molecular weight excluding hydrogens is 206 g/mol. The van der Waals surface area contributed by atoms with Gasteiger partial charge in [-0.05, 0) is 20.8 Å². The molecule has 1 rings (SSSR count). The Labute approximate surface area is 95.3 Å². The molecule has 1 aromatic heterocycles. The summed E-state index contributed by atoms with van der Waals surface area (Å²) in [6.45, 7) is 5.65. The zero-order valence-corrected chi connectivity index (χ0v) is 10.1. The summed E-state index contributed by atoms with van der Waals surface area (Å²) in [5.41, 5.74) is 0.760. The van der Waals surface area contributed by atoms with Crippen LogP contribution in [0.2, 0.25) is 0 Å². The van der Waals surface area contributed by atoms with E-state index < -0.39 is 5.60 Å². The molecular formula is C11H17N3O2. The molecule has 0 saturated heterocycles. The van der Waals surface area contributed by atoms with E-state index in [1.54, 1.807) is 26.2 Å². The number of carbonyl (C=O) groups excluding carboxylic acids is 1. The monoisotopic (exact) mass is 223 g/mol. The van der Waals surface area contributed by atoms with E-state index in [9.17, 15) is 4.79 Å². The maximum absolute atomic E-state index is 11.7. The third kappa shape index (κ3) is 3.27. The Morgan fingerprint density at radius 2 is 2.12 bits per heavy atom. The molecule has 0 aromatic carbocycles. The van der Waals surface area contributed by atoms with Crippen molar-refractivity contribution in [1.29, 1.82) is 0 Å². The van der Waals surface area contributed by atoms with Crippen LogP contribution in [0.5, 0.6) is 0 Å². The molecule has 0 aliphatic heterocycles. The summed E-state index contributed by atoms with van der Waals surface area (Å²) in [6.07, 6.45) is 3.32. The van der Waals surface area contributed by atoms with E-state index in [-0.39, 0.29) is 5.91 Å². The Morgan fingerprint density at radius 3 is 2.62 bits per heavy atom. The van der Waals surface area contributed by atoms with Crippen molar-refractivity contribution in [2.24, 2.45) is 0 Å². The summed E-state index contributed by atoms with van der Waals surface area (Å²) < 4.78 is 5.06. The fraction of sp³-hybridized carbons (Fsp3) is 0.545. The van der Waals surface area contributed by atoms with E-state index in [2.05, 4.69) is 15.3 Å². The number of nitrogens with zero attached hydrogens (tertiary/aromatic N) is 2. The lowest BCUT2D eigenvalue weighted by atomic mass is 10.1. The molecule has 0 aliphatic rings. The lowest BCUT2D eigenvalue weighted by Gasteiger charge is -2.21. The zero-order valence-electron chi connectivity index (χ0n) is 10.1. The molecule has 0 radical (unpaired) electrons. The van der Waals surface area contributed by atoms with Crippen molar-refractivity contribution in [3.63, 3.8) is 0 Å². The number of methoxy groups -OCH3 is 1. The second-order valence-electron chi connectivity index (χ2n) is 4.05. The first-order valence-corrected chi connectivity index (χ1v) is 5.06. The van der Waals surface area contributed by atoms with Crippen molar-refractivity contribution in [2.45, 2.75) is 32.9 Å². The van der Waals surface area contributed by atoms with Crippen molar-refractivity contribution in [3.05, 3.63) is 23.8 Å². The van der Waals surface area contributed by atoms with E-state index in [0.717, 1.165) is 11.4 Å². The quantitative estimate of drug-likeness (QED) is 0.821. The van der Waals surface area contributed by atoms with Gasteiger partial charge in [-0.2, -0.15) is 0 Å². The van der Waals surface area contributed by atoms with Crippen LogP contribution in [0.1, 0.15) is 25.2 Å². The van der Waals surface area contributed by atoms with Gasteiger partial charge in [-0.3, -0.25) is 14.8 Å². The van der Waals surface area contributed by atoms with Crippen LogP contribution >= 0.6 is 0 Å². The standard InChI is InChI=1S/C11H17N3O2/c1-8-5-13-9(6-12-8)7-14-10(15)11(2,3)16-4/h5-6H,7H2,1-4H3,(H,14,15). The number of aromatic nitrogens is 2. The number of carbonyl (C=O) groups is 1. The largest absolute Gasteiger partial charge is 0.369 e. The van der Waals surface area contributed by atoms with Crippen LogP contribution in [0.4, 0.5) is 0 Å². The average Bonchev–Trinajstić information content (AvgIpc) is 2.28. The Hall–Kier alpha value is -1.49. The van der Waals surface area contributed by atoms with Gasteiger partial charge >= 0.3 is 0 Å². The molecule has 0 atom stereocenters. The minimum atomic E-state index is -0.821. The molecule has 16 heavy (non-hydrogen) atoms. The van der Waals surface area contributed by atoms with Crippen molar-refractivity contribution < 1.29 is 9.53 Å². The van der Waals surface area contributed by atoms with Crippen molar-refractivity contribution in [3.8, 4) is 0 Å². The van der Waals surface area contributed by atoms with Crippen LogP contribution in [0, 0.1) is 6.92 Å². The van der Waals surface area contributed by atoms with Crippen molar-refractivity contribution >= 4 is 5.91 Å². The van der Waals surface area contributed by atoms with Gasteiger partial charge in [0.2, 0.25) is 0 Å². The highest BCUT2D eigenvalue weighted by Gasteiger charge is 2.26. The van der Waals surface area contributed by atoms with Crippen LogP contribution in [-0.2, 0) is 16.1 Å². The van der Waals surface area contributed by atoms with Crippen LogP contribution in [0.25, 0.3) is 0 Å². The summed E-state index contributed by atoms with van der Waals surface area (Å²) in [5.74, 6) is -0.169. The van der Waals surface area contributed by atoms with Gasteiger partial charge in [0.1, 0.15) is 5.60 Å². The zero-order chi connectivity index (χ0) is 12.2. The van der Waals surface area contributed by atoms with Crippen molar-refractivity contribution in [2.75, 3.05) is 7.11 Å². The minimum Gasteiger partial charge on any atom is -0.369 e. The molecule has 88 valence electrons. The lowest BCUT2D eigenvalue weighted by Crippen LogP contribution is -2.43. The van der Waals surface area contributed by atoms with Crippen LogP contribution in [-0.4, -0.2) is 28.6 Å². The van der Waals surface area contributed by atoms with Gasteiger partial charge in [0, 0.05) is 13.3 Å². The summed E-state index contributed by atoms with van der Waals surface area (Å²) in [7, 11) is 1.51. The first kappa shape index (κ1) is 12.6. The molecule has 0 bridgehead atoms. The molecule has 5 heteroatoms. The van der Waals surface area contributed by atoms with Crippen LogP contribution in [0.15, 0.2) is 12.4 Å². The van der Waals surface area contributed by atoms with E-state index in [4.69, 9.17) is 4.74 Å². The molecule has 0 aliphatic carbocycles. The Morgan fingerprint density at radius 1 is 1.44 bits per heavy atom. The predicted octanol–water partition coefficient (Wildman–Crippen LogP) is 0.826. The van der Waals surface area contributed by atoms with Crippen LogP contribution < -0.4 is 5.32 Å². The lowest BCUT2D eigenvalue weighted by molar-refractivity contribution is -0.139. The number of hydrogen-bond acceptors (Lipinski definition) is 4. The molecule has 1 heterocycles. The second-order valence-corrected chi connectivity index (χ2v) is 4.05. The van der Waals surface area contributed by atoms with Gasteiger partial charge < -0.3 is 10.1 Å². The maximum Gasteiger partial charge on any atom is 0.251 e. The van der Waals surface area contributed by atoms with E-state index >= 15 is 0 Å². The Balaban J connectivity index is 2.52. The fourth-order valence-electron chi connectivity index (χ4n) is 0.987. The number of hydrogen-bond donors (Lipinski definition) is 1. The summed E-state index contributed by atoms with van der Waals surface area (Å²) in [5, 5.41) is 2.74. The normalized spacial score (nSPS) is 11.2. The molecule has 5 nitrogen and oxygen atoms in total. The maximum atomic E-state index is 11.7. The summed E-state index contributed by atoms with van der Waals surface area (Å²) in [6, 6.07) is 0. The molecule has 0 saturated carbocycles. The summed E-state index contributed by atoms with van der Waals surface area (Å²) in [4.78, 5) is 19.9.